The lowest BCUT2D eigenvalue weighted by atomic mass is 9.83. The minimum absolute atomic E-state index is 0.305. The molecule has 17 heavy (non-hydrogen) atoms. The average Bonchev–Trinajstić information content (AvgIpc) is 2.58. The van der Waals surface area contributed by atoms with Crippen molar-refractivity contribution in [2.75, 3.05) is 6.54 Å². The Morgan fingerprint density at radius 2 is 2.06 bits per heavy atom. The first-order valence-electron chi connectivity index (χ1n) is 6.39. The van der Waals surface area contributed by atoms with Gasteiger partial charge < -0.3 is 4.90 Å². The number of hydrogen-bond acceptors (Lipinski definition) is 1. The minimum atomic E-state index is 0.305. The quantitative estimate of drug-likeness (QED) is 0.841. The van der Waals surface area contributed by atoms with Gasteiger partial charge in [-0.05, 0) is 0 Å². The fourth-order valence-corrected chi connectivity index (χ4v) is 2.97. The summed E-state index contributed by atoms with van der Waals surface area (Å²) in [4.78, 5) is 1.57. The second kappa shape index (κ2) is 4.89. The van der Waals surface area contributed by atoms with Gasteiger partial charge in [0.25, 0.3) is 0 Å². The van der Waals surface area contributed by atoms with E-state index in [0.29, 0.717) is 17.9 Å². The van der Waals surface area contributed by atoms with E-state index in [1.807, 2.05) is 0 Å². The molecule has 1 aliphatic heterocycles. The van der Waals surface area contributed by atoms with E-state index < -0.39 is 0 Å². The number of benzene rings is 1. The first-order chi connectivity index (χ1) is 8.13. The predicted molar refractivity (Wildman–Crippen MR) is 68.4 cm³/mol. The topological polar surface area (TPSA) is 28.2 Å². The molecule has 1 aromatic rings. The molecule has 1 heterocycles. The van der Waals surface area contributed by atoms with E-state index in [0.717, 1.165) is 6.54 Å². The monoisotopic (exact) mass is 229 g/mol. The van der Waals surface area contributed by atoms with Crippen LogP contribution in [-0.4, -0.2) is 12.6 Å². The lowest BCUT2D eigenvalue weighted by Gasteiger charge is -2.27. The molecule has 90 valence electrons. The normalized spacial score (nSPS) is 26.6. The summed E-state index contributed by atoms with van der Waals surface area (Å²) >= 11 is 0. The number of likely N-dealkylation sites (tertiary alicyclic amines) is 1. The Hall–Kier alpha value is -1.33. The maximum Gasteiger partial charge on any atom is 0.106 e. The standard InChI is InChI=1S/C15H20N2/c1-15(2)9-11-17(14(15)8-10-16)12-13-6-4-3-5-7-13/h3-7,14H,8-9,11-12H2,1-2H3/p+1/t14-/m1/s1. The van der Waals surface area contributed by atoms with Gasteiger partial charge in [0, 0.05) is 17.4 Å². The van der Waals surface area contributed by atoms with Gasteiger partial charge in [-0.1, -0.05) is 44.2 Å². The molecule has 1 fully saturated rings. The summed E-state index contributed by atoms with van der Waals surface area (Å²) in [6.07, 6.45) is 1.90. The van der Waals surface area contributed by atoms with Gasteiger partial charge in [-0.3, -0.25) is 0 Å². The molecule has 2 nitrogen and oxygen atoms in total. The van der Waals surface area contributed by atoms with Gasteiger partial charge >= 0.3 is 0 Å². The summed E-state index contributed by atoms with van der Waals surface area (Å²) in [5.41, 5.74) is 1.68. The molecule has 1 saturated heterocycles. The third-order valence-electron chi connectivity index (χ3n) is 4.10. The van der Waals surface area contributed by atoms with E-state index >= 15 is 0 Å². The SMILES string of the molecule is CC1(C)CC[NH+](Cc2ccccc2)[C@@H]1CC#N. The van der Waals surface area contributed by atoms with E-state index in [4.69, 9.17) is 5.26 Å². The maximum absolute atomic E-state index is 8.98. The molecular formula is C15H21N2+. The Morgan fingerprint density at radius 1 is 1.35 bits per heavy atom. The molecule has 2 heteroatoms. The van der Waals surface area contributed by atoms with Crippen LogP contribution in [0.15, 0.2) is 30.3 Å². The molecule has 0 amide bonds. The van der Waals surface area contributed by atoms with E-state index in [1.54, 1.807) is 4.90 Å². The van der Waals surface area contributed by atoms with Gasteiger partial charge in [0.15, 0.2) is 0 Å². The summed E-state index contributed by atoms with van der Waals surface area (Å²) in [6.45, 7) is 6.84. The van der Waals surface area contributed by atoms with Crippen molar-refractivity contribution in [1.82, 2.24) is 0 Å². The molecule has 2 rings (SSSR count). The molecule has 0 radical (unpaired) electrons. The van der Waals surface area contributed by atoms with Crippen LogP contribution >= 0.6 is 0 Å². The molecule has 0 aromatic heterocycles. The first-order valence-corrected chi connectivity index (χ1v) is 6.39. The Labute approximate surface area is 104 Å². The van der Waals surface area contributed by atoms with Gasteiger partial charge in [-0.25, -0.2) is 0 Å². The first kappa shape index (κ1) is 12.1. The summed E-state index contributed by atoms with van der Waals surface area (Å²) in [5.74, 6) is 0. The number of quaternary nitrogens is 1. The predicted octanol–water partition coefficient (Wildman–Crippen LogP) is 1.78. The highest BCUT2D eigenvalue weighted by atomic mass is 15.2. The van der Waals surface area contributed by atoms with Gasteiger partial charge in [0.05, 0.1) is 19.0 Å². The lowest BCUT2D eigenvalue weighted by Crippen LogP contribution is -3.13. The zero-order chi connectivity index (χ0) is 12.3. The Balaban J connectivity index is 2.09. The molecule has 0 bridgehead atoms. The van der Waals surface area contributed by atoms with Crippen molar-refractivity contribution < 1.29 is 4.90 Å². The van der Waals surface area contributed by atoms with Crippen molar-refractivity contribution in [2.45, 2.75) is 39.3 Å². The van der Waals surface area contributed by atoms with E-state index in [1.165, 1.54) is 18.5 Å². The van der Waals surface area contributed by atoms with Crippen molar-refractivity contribution in [1.29, 1.82) is 5.26 Å². The molecule has 1 unspecified atom stereocenters. The van der Waals surface area contributed by atoms with Crippen LogP contribution in [0.4, 0.5) is 0 Å². The highest BCUT2D eigenvalue weighted by Gasteiger charge is 2.43. The molecule has 0 aliphatic carbocycles. The van der Waals surface area contributed by atoms with Crippen molar-refractivity contribution in [3.63, 3.8) is 0 Å². The summed E-state index contributed by atoms with van der Waals surface area (Å²) in [7, 11) is 0. The third-order valence-corrected chi connectivity index (χ3v) is 4.10. The largest absolute Gasteiger partial charge is 0.327 e. The molecule has 0 spiro atoms. The van der Waals surface area contributed by atoms with E-state index in [2.05, 4.69) is 50.2 Å². The van der Waals surface area contributed by atoms with Crippen molar-refractivity contribution >= 4 is 0 Å². The number of hydrogen-bond donors (Lipinski definition) is 1. The highest BCUT2D eigenvalue weighted by Crippen LogP contribution is 2.28. The minimum Gasteiger partial charge on any atom is -0.327 e. The summed E-state index contributed by atoms with van der Waals surface area (Å²) in [6, 6.07) is 13.4. The molecule has 0 saturated carbocycles. The van der Waals surface area contributed by atoms with E-state index in [-0.39, 0.29) is 0 Å². The van der Waals surface area contributed by atoms with Crippen LogP contribution in [-0.2, 0) is 6.54 Å². The van der Waals surface area contributed by atoms with Crippen molar-refractivity contribution in [2.24, 2.45) is 5.41 Å². The van der Waals surface area contributed by atoms with Crippen LogP contribution in [0.5, 0.6) is 0 Å². The van der Waals surface area contributed by atoms with Gasteiger partial charge in [0.1, 0.15) is 12.6 Å². The molecule has 1 aliphatic rings. The number of nitriles is 1. The Morgan fingerprint density at radius 3 is 2.71 bits per heavy atom. The second-order valence-corrected chi connectivity index (χ2v) is 5.72. The number of rotatable bonds is 3. The zero-order valence-electron chi connectivity index (χ0n) is 10.7. The van der Waals surface area contributed by atoms with Crippen LogP contribution in [0.2, 0.25) is 0 Å². The van der Waals surface area contributed by atoms with Crippen LogP contribution in [0, 0.1) is 16.7 Å². The van der Waals surface area contributed by atoms with Crippen LogP contribution in [0.25, 0.3) is 0 Å². The van der Waals surface area contributed by atoms with Gasteiger partial charge in [0.2, 0.25) is 0 Å². The number of nitrogens with zero attached hydrogens (tertiary/aromatic N) is 1. The summed E-state index contributed by atoms with van der Waals surface area (Å²) < 4.78 is 0. The fraction of sp³-hybridized carbons (Fsp3) is 0.533. The van der Waals surface area contributed by atoms with Crippen molar-refractivity contribution in [3.05, 3.63) is 35.9 Å². The Bertz CT molecular complexity index is 403. The molecular weight excluding hydrogens is 208 g/mol. The number of nitrogens with one attached hydrogen (secondary N) is 1. The highest BCUT2D eigenvalue weighted by molar-refractivity contribution is 5.13. The molecule has 1 aromatic carbocycles. The van der Waals surface area contributed by atoms with E-state index in [9.17, 15) is 0 Å². The van der Waals surface area contributed by atoms with Gasteiger partial charge in [-0.15, -0.1) is 0 Å². The second-order valence-electron chi connectivity index (χ2n) is 5.72. The van der Waals surface area contributed by atoms with Crippen LogP contribution in [0.1, 0.15) is 32.3 Å². The van der Waals surface area contributed by atoms with Gasteiger partial charge in [-0.2, -0.15) is 5.26 Å². The smallest absolute Gasteiger partial charge is 0.106 e. The lowest BCUT2D eigenvalue weighted by molar-refractivity contribution is -0.929. The fourth-order valence-electron chi connectivity index (χ4n) is 2.97. The Kier molecular flexibility index (Phi) is 3.49. The molecule has 2 atom stereocenters. The third kappa shape index (κ3) is 2.68. The summed E-state index contributed by atoms with van der Waals surface area (Å²) in [5, 5.41) is 8.98. The van der Waals surface area contributed by atoms with Crippen LogP contribution < -0.4 is 4.90 Å². The maximum atomic E-state index is 8.98. The zero-order valence-corrected chi connectivity index (χ0v) is 10.7. The van der Waals surface area contributed by atoms with Crippen molar-refractivity contribution in [3.8, 4) is 6.07 Å². The average molecular weight is 229 g/mol. The molecule has 1 N–H and O–H groups in total. The van der Waals surface area contributed by atoms with Crippen LogP contribution in [0.3, 0.4) is 0 Å².